The number of thiol groups is 1. The standard InChI is InChI=1S/C19H28N4O6S2/c1-31-7-6-13(17(26)23-15(10-30)19(28)29)22-18(27)14(21-16(25)9-20)8-11-2-4-12(24)5-3-11/h2-5,13-15,24,30H,6-10,20H2,1H3,(H,21,25)(H,22,27)(H,23,26)(H,28,29). The third-order valence-corrected chi connectivity index (χ3v) is 5.26. The van der Waals surface area contributed by atoms with Gasteiger partial charge < -0.3 is 31.9 Å². The van der Waals surface area contributed by atoms with Crippen LogP contribution in [0.4, 0.5) is 0 Å². The molecule has 10 nitrogen and oxygen atoms in total. The maximum Gasteiger partial charge on any atom is 0.327 e. The number of carbonyl (C=O) groups is 4. The smallest absolute Gasteiger partial charge is 0.327 e. The predicted molar refractivity (Wildman–Crippen MR) is 121 cm³/mol. The van der Waals surface area contributed by atoms with E-state index in [0.717, 1.165) is 0 Å². The number of amides is 3. The SMILES string of the molecule is CSCCC(NC(=O)C(Cc1ccc(O)cc1)NC(=O)CN)C(=O)NC(CS)C(=O)O. The minimum absolute atomic E-state index is 0.0571. The van der Waals surface area contributed by atoms with E-state index in [1.165, 1.54) is 23.9 Å². The van der Waals surface area contributed by atoms with Crippen molar-refractivity contribution in [2.45, 2.75) is 31.0 Å². The molecule has 0 saturated carbocycles. The number of phenolic OH excluding ortho intramolecular Hbond substituents is 1. The number of carboxylic acids is 1. The Morgan fingerprint density at radius 1 is 1.03 bits per heavy atom. The number of hydrogen-bond donors (Lipinski definition) is 7. The fourth-order valence-electron chi connectivity index (χ4n) is 2.56. The Morgan fingerprint density at radius 2 is 1.61 bits per heavy atom. The monoisotopic (exact) mass is 472 g/mol. The molecule has 0 aliphatic heterocycles. The molecule has 0 spiro atoms. The second kappa shape index (κ2) is 13.8. The van der Waals surface area contributed by atoms with Crippen LogP contribution in [0.2, 0.25) is 0 Å². The Hall–Kier alpha value is -2.44. The quantitative estimate of drug-likeness (QED) is 0.181. The number of nitrogens with two attached hydrogens (primary N) is 1. The van der Waals surface area contributed by atoms with Crippen molar-refractivity contribution in [2.24, 2.45) is 5.73 Å². The highest BCUT2D eigenvalue weighted by Gasteiger charge is 2.29. The summed E-state index contributed by atoms with van der Waals surface area (Å²) < 4.78 is 0. The molecule has 3 amide bonds. The zero-order valence-corrected chi connectivity index (χ0v) is 18.7. The van der Waals surface area contributed by atoms with Crippen molar-refractivity contribution in [1.82, 2.24) is 16.0 Å². The summed E-state index contributed by atoms with van der Waals surface area (Å²) in [5.74, 6) is -2.58. The molecule has 31 heavy (non-hydrogen) atoms. The van der Waals surface area contributed by atoms with Gasteiger partial charge in [-0.25, -0.2) is 4.79 Å². The fraction of sp³-hybridized carbons (Fsp3) is 0.474. The van der Waals surface area contributed by atoms with Crippen molar-refractivity contribution in [3.63, 3.8) is 0 Å². The molecule has 1 rings (SSSR count). The lowest BCUT2D eigenvalue weighted by molar-refractivity contribution is -0.141. The summed E-state index contributed by atoms with van der Waals surface area (Å²) in [6, 6.07) is 2.89. The number of carboxylic acid groups (broad SMARTS) is 1. The minimum Gasteiger partial charge on any atom is -0.508 e. The maximum absolute atomic E-state index is 12.9. The summed E-state index contributed by atoms with van der Waals surface area (Å²) in [5, 5.41) is 26.0. The van der Waals surface area contributed by atoms with Gasteiger partial charge in [0.05, 0.1) is 6.54 Å². The lowest BCUT2D eigenvalue weighted by Crippen LogP contribution is -2.57. The number of nitrogens with one attached hydrogen (secondary N) is 3. The summed E-state index contributed by atoms with van der Waals surface area (Å²) in [4.78, 5) is 48.5. The number of aromatic hydroxyl groups is 1. The van der Waals surface area contributed by atoms with Crippen LogP contribution in [0.15, 0.2) is 24.3 Å². The zero-order chi connectivity index (χ0) is 23.4. The molecule has 0 aromatic heterocycles. The molecule has 1 aromatic rings. The van der Waals surface area contributed by atoms with Gasteiger partial charge in [0.2, 0.25) is 17.7 Å². The highest BCUT2D eigenvalue weighted by Crippen LogP contribution is 2.12. The van der Waals surface area contributed by atoms with Gasteiger partial charge in [-0.2, -0.15) is 24.4 Å². The molecule has 12 heteroatoms. The average molecular weight is 473 g/mol. The van der Waals surface area contributed by atoms with Gasteiger partial charge in [-0.15, -0.1) is 0 Å². The topological polar surface area (TPSA) is 171 Å². The van der Waals surface area contributed by atoms with E-state index >= 15 is 0 Å². The van der Waals surface area contributed by atoms with Gasteiger partial charge in [0.25, 0.3) is 0 Å². The fourth-order valence-corrected chi connectivity index (χ4v) is 3.28. The van der Waals surface area contributed by atoms with E-state index in [1.54, 1.807) is 12.1 Å². The van der Waals surface area contributed by atoms with Crippen LogP contribution in [-0.4, -0.2) is 76.3 Å². The maximum atomic E-state index is 12.9. The molecule has 0 fully saturated rings. The third kappa shape index (κ3) is 9.49. The van der Waals surface area contributed by atoms with Crippen molar-refractivity contribution < 1.29 is 29.4 Å². The Bertz CT molecular complexity index is 762. The molecule has 0 radical (unpaired) electrons. The van der Waals surface area contributed by atoms with Crippen LogP contribution in [0.5, 0.6) is 5.75 Å². The van der Waals surface area contributed by atoms with Crippen molar-refractivity contribution in [1.29, 1.82) is 0 Å². The lowest BCUT2D eigenvalue weighted by atomic mass is 10.0. The third-order valence-electron chi connectivity index (χ3n) is 4.25. The van der Waals surface area contributed by atoms with E-state index in [2.05, 4.69) is 28.6 Å². The Morgan fingerprint density at radius 3 is 2.13 bits per heavy atom. The molecule has 0 saturated heterocycles. The van der Waals surface area contributed by atoms with E-state index < -0.39 is 41.8 Å². The van der Waals surface area contributed by atoms with Gasteiger partial charge in [0, 0.05) is 12.2 Å². The predicted octanol–water partition coefficient (Wildman–Crippen LogP) is -0.885. The summed E-state index contributed by atoms with van der Waals surface area (Å²) in [5.41, 5.74) is 6.01. The van der Waals surface area contributed by atoms with Crippen molar-refractivity contribution in [3.05, 3.63) is 29.8 Å². The van der Waals surface area contributed by atoms with E-state index in [9.17, 15) is 24.3 Å². The van der Waals surface area contributed by atoms with Crippen LogP contribution in [0.1, 0.15) is 12.0 Å². The van der Waals surface area contributed by atoms with E-state index in [0.29, 0.717) is 11.3 Å². The van der Waals surface area contributed by atoms with Crippen molar-refractivity contribution in [2.75, 3.05) is 24.3 Å². The average Bonchev–Trinajstić information content (AvgIpc) is 2.75. The molecule has 3 atom stereocenters. The Kier molecular flexibility index (Phi) is 11.8. The summed E-state index contributed by atoms with van der Waals surface area (Å²) in [7, 11) is 0. The van der Waals surface area contributed by atoms with Crippen LogP contribution in [0.25, 0.3) is 0 Å². The van der Waals surface area contributed by atoms with Crippen LogP contribution >= 0.6 is 24.4 Å². The van der Waals surface area contributed by atoms with Gasteiger partial charge >= 0.3 is 5.97 Å². The number of thioether (sulfide) groups is 1. The van der Waals surface area contributed by atoms with Crippen LogP contribution in [0, 0.1) is 0 Å². The Labute approximate surface area is 190 Å². The summed E-state index contributed by atoms with van der Waals surface area (Å²) in [6.07, 6.45) is 2.19. The second-order valence-electron chi connectivity index (χ2n) is 6.62. The highest BCUT2D eigenvalue weighted by atomic mass is 32.2. The van der Waals surface area contributed by atoms with Crippen LogP contribution in [-0.2, 0) is 25.6 Å². The largest absolute Gasteiger partial charge is 0.508 e. The molecule has 0 aliphatic carbocycles. The zero-order valence-electron chi connectivity index (χ0n) is 17.0. The van der Waals surface area contributed by atoms with Gasteiger partial charge in [-0.1, -0.05) is 12.1 Å². The first kappa shape index (κ1) is 26.6. The number of carbonyl (C=O) groups excluding carboxylic acids is 3. The molecular formula is C19H28N4O6S2. The van der Waals surface area contributed by atoms with Crippen LogP contribution < -0.4 is 21.7 Å². The molecule has 1 aromatic carbocycles. The minimum atomic E-state index is -1.24. The first-order valence-electron chi connectivity index (χ1n) is 9.42. The Balaban J connectivity index is 2.98. The van der Waals surface area contributed by atoms with E-state index in [-0.39, 0.29) is 30.9 Å². The molecule has 7 N–H and O–H groups in total. The summed E-state index contributed by atoms with van der Waals surface area (Å²) >= 11 is 5.38. The molecule has 0 heterocycles. The van der Waals surface area contributed by atoms with Crippen LogP contribution in [0.3, 0.4) is 0 Å². The number of benzene rings is 1. The normalized spacial score (nSPS) is 13.5. The first-order chi connectivity index (χ1) is 14.7. The number of hydrogen-bond acceptors (Lipinski definition) is 8. The molecule has 3 unspecified atom stereocenters. The van der Waals surface area contributed by atoms with E-state index in [4.69, 9.17) is 10.8 Å². The number of rotatable bonds is 13. The summed E-state index contributed by atoms with van der Waals surface area (Å²) in [6.45, 7) is -0.321. The number of phenols is 1. The lowest BCUT2D eigenvalue weighted by Gasteiger charge is -2.24. The van der Waals surface area contributed by atoms with Gasteiger partial charge in [-0.05, 0) is 36.1 Å². The number of aliphatic carboxylic acids is 1. The van der Waals surface area contributed by atoms with Crippen molar-refractivity contribution >= 4 is 48.1 Å². The molecule has 0 bridgehead atoms. The molecule has 0 aliphatic rings. The second-order valence-corrected chi connectivity index (χ2v) is 7.97. The van der Waals surface area contributed by atoms with Gasteiger partial charge in [0.1, 0.15) is 23.9 Å². The highest BCUT2D eigenvalue weighted by molar-refractivity contribution is 7.98. The van der Waals surface area contributed by atoms with Gasteiger partial charge in [0.15, 0.2) is 0 Å². The first-order valence-corrected chi connectivity index (χ1v) is 11.4. The van der Waals surface area contributed by atoms with E-state index in [1.807, 2.05) is 6.26 Å². The van der Waals surface area contributed by atoms with Gasteiger partial charge in [-0.3, -0.25) is 14.4 Å². The molecular weight excluding hydrogens is 444 g/mol. The van der Waals surface area contributed by atoms with Crippen molar-refractivity contribution in [3.8, 4) is 5.75 Å². The molecule has 172 valence electrons.